The first-order valence-electron chi connectivity index (χ1n) is 6.20. The molecule has 0 radical (unpaired) electrons. The second-order valence-corrected chi connectivity index (χ2v) is 4.35. The summed E-state index contributed by atoms with van der Waals surface area (Å²) in [7, 11) is 0. The lowest BCUT2D eigenvalue weighted by Crippen LogP contribution is -2.08. The molecule has 1 aromatic carbocycles. The van der Waals surface area contributed by atoms with Crippen molar-refractivity contribution in [2.75, 3.05) is 5.32 Å². The highest BCUT2D eigenvalue weighted by molar-refractivity contribution is 5.45. The van der Waals surface area contributed by atoms with Crippen LogP contribution < -0.4 is 5.32 Å². The van der Waals surface area contributed by atoms with Crippen molar-refractivity contribution in [1.29, 1.82) is 0 Å². The van der Waals surface area contributed by atoms with Gasteiger partial charge >= 0.3 is 0 Å². The van der Waals surface area contributed by atoms with Gasteiger partial charge in [0.2, 0.25) is 0 Å². The molecule has 18 heavy (non-hydrogen) atoms. The number of anilines is 1. The third kappa shape index (κ3) is 2.88. The molecule has 0 bridgehead atoms. The highest BCUT2D eigenvalue weighted by Crippen LogP contribution is 2.14. The first kappa shape index (κ1) is 12.6. The van der Waals surface area contributed by atoms with Crippen molar-refractivity contribution in [1.82, 2.24) is 9.55 Å². The van der Waals surface area contributed by atoms with Gasteiger partial charge in [-0.3, -0.25) is 0 Å². The normalized spacial score (nSPS) is 10.6. The number of aromatic nitrogens is 2. The van der Waals surface area contributed by atoms with Crippen molar-refractivity contribution in [2.45, 2.75) is 33.4 Å². The number of hydrogen-bond acceptors (Lipinski definition) is 2. The monoisotopic (exact) mass is 247 g/mol. The van der Waals surface area contributed by atoms with Crippen molar-refractivity contribution < 1.29 is 4.39 Å². The fraction of sp³-hybridized carbons (Fsp3) is 0.357. The molecule has 1 aromatic heterocycles. The van der Waals surface area contributed by atoms with Crippen molar-refractivity contribution in [3.05, 3.63) is 47.8 Å². The Kier molecular flexibility index (Phi) is 3.97. The van der Waals surface area contributed by atoms with Gasteiger partial charge in [-0.15, -0.1) is 0 Å². The molecule has 1 heterocycles. The van der Waals surface area contributed by atoms with E-state index in [9.17, 15) is 4.39 Å². The van der Waals surface area contributed by atoms with Crippen molar-refractivity contribution in [3.63, 3.8) is 0 Å². The first-order valence-corrected chi connectivity index (χ1v) is 6.20. The van der Waals surface area contributed by atoms with Gasteiger partial charge in [-0.05, 0) is 37.1 Å². The molecule has 0 unspecified atom stereocenters. The second-order valence-electron chi connectivity index (χ2n) is 4.35. The molecule has 1 N–H and O–H groups in total. The summed E-state index contributed by atoms with van der Waals surface area (Å²) in [6.07, 6.45) is 4.87. The molecular formula is C14H18FN3. The maximum atomic E-state index is 13.1. The number of aryl methyl sites for hydroxylation is 2. The quantitative estimate of drug-likeness (QED) is 0.878. The molecule has 0 atom stereocenters. The Morgan fingerprint density at radius 1 is 1.39 bits per heavy atom. The summed E-state index contributed by atoms with van der Waals surface area (Å²) in [4.78, 5) is 4.32. The van der Waals surface area contributed by atoms with E-state index in [-0.39, 0.29) is 5.82 Å². The molecule has 3 nitrogen and oxygen atoms in total. The van der Waals surface area contributed by atoms with Crippen molar-refractivity contribution in [3.8, 4) is 0 Å². The van der Waals surface area contributed by atoms with Gasteiger partial charge in [-0.25, -0.2) is 9.37 Å². The highest BCUT2D eigenvalue weighted by atomic mass is 19.1. The predicted molar refractivity (Wildman–Crippen MR) is 71.0 cm³/mol. The zero-order valence-electron chi connectivity index (χ0n) is 10.8. The van der Waals surface area contributed by atoms with E-state index in [2.05, 4.69) is 21.8 Å². The standard InChI is InChI=1S/C14H18FN3/c1-3-7-18-8-6-16-14(18)10-17-12-4-5-13(15)11(2)9-12/h4-6,8-9,17H,3,7,10H2,1-2H3. The predicted octanol–water partition coefficient (Wildman–Crippen LogP) is 3.35. The summed E-state index contributed by atoms with van der Waals surface area (Å²) in [6.45, 7) is 5.52. The van der Waals surface area contributed by atoms with Crippen LogP contribution in [0.15, 0.2) is 30.6 Å². The number of imidazole rings is 1. The van der Waals surface area contributed by atoms with E-state index in [4.69, 9.17) is 0 Å². The van der Waals surface area contributed by atoms with Crippen LogP contribution in [0.4, 0.5) is 10.1 Å². The van der Waals surface area contributed by atoms with E-state index in [1.165, 1.54) is 6.07 Å². The van der Waals surface area contributed by atoms with Gasteiger partial charge in [0.1, 0.15) is 11.6 Å². The topological polar surface area (TPSA) is 29.9 Å². The lowest BCUT2D eigenvalue weighted by molar-refractivity contribution is 0.618. The van der Waals surface area contributed by atoms with Gasteiger partial charge in [0, 0.05) is 24.6 Å². The summed E-state index contributed by atoms with van der Waals surface area (Å²) < 4.78 is 15.3. The average molecular weight is 247 g/mol. The molecule has 0 spiro atoms. The van der Waals surface area contributed by atoms with Gasteiger partial charge in [0.25, 0.3) is 0 Å². The SMILES string of the molecule is CCCn1ccnc1CNc1ccc(F)c(C)c1. The van der Waals surface area contributed by atoms with E-state index in [0.717, 1.165) is 24.5 Å². The smallest absolute Gasteiger partial charge is 0.128 e. The molecule has 0 fully saturated rings. The Hall–Kier alpha value is -1.84. The van der Waals surface area contributed by atoms with Gasteiger partial charge in [-0.1, -0.05) is 6.92 Å². The number of nitrogens with one attached hydrogen (secondary N) is 1. The Bertz CT molecular complexity index is 520. The zero-order valence-corrected chi connectivity index (χ0v) is 10.8. The van der Waals surface area contributed by atoms with Crippen LogP contribution in [0.2, 0.25) is 0 Å². The van der Waals surface area contributed by atoms with Gasteiger partial charge in [0.15, 0.2) is 0 Å². The van der Waals surface area contributed by atoms with Crippen LogP contribution in [0.1, 0.15) is 24.7 Å². The molecule has 0 amide bonds. The molecule has 4 heteroatoms. The van der Waals surface area contributed by atoms with E-state index >= 15 is 0 Å². The lowest BCUT2D eigenvalue weighted by atomic mass is 10.2. The summed E-state index contributed by atoms with van der Waals surface area (Å²) in [6, 6.07) is 5.04. The van der Waals surface area contributed by atoms with Gasteiger partial charge < -0.3 is 9.88 Å². The van der Waals surface area contributed by atoms with E-state index in [0.29, 0.717) is 12.1 Å². The fourth-order valence-corrected chi connectivity index (χ4v) is 1.89. The highest BCUT2D eigenvalue weighted by Gasteiger charge is 2.03. The Labute approximate surface area is 107 Å². The summed E-state index contributed by atoms with van der Waals surface area (Å²) in [5, 5.41) is 3.26. The second kappa shape index (κ2) is 5.67. The van der Waals surface area contributed by atoms with Crippen molar-refractivity contribution >= 4 is 5.69 Å². The van der Waals surface area contributed by atoms with Crippen LogP contribution in [0.3, 0.4) is 0 Å². The summed E-state index contributed by atoms with van der Waals surface area (Å²) in [5.41, 5.74) is 1.57. The molecule has 2 rings (SSSR count). The van der Waals surface area contributed by atoms with Gasteiger partial charge in [0.05, 0.1) is 6.54 Å². The molecule has 0 aliphatic carbocycles. The number of benzene rings is 1. The minimum atomic E-state index is -0.173. The molecular weight excluding hydrogens is 229 g/mol. The van der Waals surface area contributed by atoms with Crippen LogP contribution in [0, 0.1) is 12.7 Å². The van der Waals surface area contributed by atoms with E-state index in [1.54, 1.807) is 13.0 Å². The number of hydrogen-bond donors (Lipinski definition) is 1. The van der Waals surface area contributed by atoms with Crippen LogP contribution in [-0.2, 0) is 13.1 Å². The minimum Gasteiger partial charge on any atom is -0.378 e. The minimum absolute atomic E-state index is 0.173. The molecule has 2 aromatic rings. The van der Waals surface area contributed by atoms with Crippen LogP contribution in [0.25, 0.3) is 0 Å². The van der Waals surface area contributed by atoms with Gasteiger partial charge in [-0.2, -0.15) is 0 Å². The third-order valence-corrected chi connectivity index (χ3v) is 2.87. The summed E-state index contributed by atoms with van der Waals surface area (Å²) >= 11 is 0. The third-order valence-electron chi connectivity index (χ3n) is 2.87. The van der Waals surface area contributed by atoms with Crippen LogP contribution in [0.5, 0.6) is 0 Å². The van der Waals surface area contributed by atoms with Crippen LogP contribution >= 0.6 is 0 Å². The Morgan fingerprint density at radius 3 is 2.94 bits per heavy atom. The maximum absolute atomic E-state index is 13.1. The zero-order chi connectivity index (χ0) is 13.0. The fourth-order valence-electron chi connectivity index (χ4n) is 1.89. The van der Waals surface area contributed by atoms with E-state index < -0.39 is 0 Å². The molecule has 0 aliphatic heterocycles. The Morgan fingerprint density at radius 2 is 2.22 bits per heavy atom. The Balaban J connectivity index is 2.02. The van der Waals surface area contributed by atoms with Crippen molar-refractivity contribution in [2.24, 2.45) is 0 Å². The number of halogens is 1. The first-order chi connectivity index (χ1) is 8.70. The molecule has 0 saturated heterocycles. The lowest BCUT2D eigenvalue weighted by Gasteiger charge is -2.09. The molecule has 0 saturated carbocycles. The number of nitrogens with zero attached hydrogens (tertiary/aromatic N) is 2. The largest absolute Gasteiger partial charge is 0.378 e. The summed E-state index contributed by atoms with van der Waals surface area (Å²) in [5.74, 6) is 0.826. The van der Waals surface area contributed by atoms with E-state index in [1.807, 2.05) is 18.5 Å². The molecule has 0 aliphatic rings. The number of rotatable bonds is 5. The maximum Gasteiger partial charge on any atom is 0.128 e. The average Bonchev–Trinajstić information content (AvgIpc) is 2.79. The molecule has 96 valence electrons. The van der Waals surface area contributed by atoms with Crippen LogP contribution in [-0.4, -0.2) is 9.55 Å².